The number of aromatic amines is 1. The molecule has 0 radical (unpaired) electrons. The number of aromatic nitrogens is 6. The molecule has 0 fully saturated rings. The van der Waals surface area contributed by atoms with Gasteiger partial charge in [-0.3, -0.25) is 9.78 Å². The minimum atomic E-state index is 0.672. The van der Waals surface area contributed by atoms with Crippen molar-refractivity contribution in [3.05, 3.63) is 30.5 Å². The SMILES string of the molecule is Cn1cc(CNc2ncnc3[nH]ncc23)cn1. The lowest BCUT2D eigenvalue weighted by atomic mass is 10.3. The van der Waals surface area contributed by atoms with E-state index >= 15 is 0 Å². The lowest BCUT2D eigenvalue weighted by molar-refractivity contribution is 0.767. The Labute approximate surface area is 96.9 Å². The topological polar surface area (TPSA) is 84.3 Å². The van der Waals surface area contributed by atoms with Gasteiger partial charge in [0.2, 0.25) is 0 Å². The van der Waals surface area contributed by atoms with Gasteiger partial charge in [0.1, 0.15) is 12.1 Å². The predicted molar refractivity (Wildman–Crippen MR) is 62.2 cm³/mol. The number of hydrogen-bond donors (Lipinski definition) is 2. The van der Waals surface area contributed by atoms with Crippen LogP contribution < -0.4 is 5.32 Å². The predicted octanol–water partition coefficient (Wildman–Crippen LogP) is 0.699. The Morgan fingerprint density at radius 3 is 3.12 bits per heavy atom. The standard InChI is InChI=1S/C10H11N7/c1-17-5-7(3-15-17)2-11-9-8-4-14-16-10(8)13-6-12-9/h3-6H,2H2,1H3,(H2,11,12,13,14,16). The van der Waals surface area contributed by atoms with E-state index in [1.165, 1.54) is 6.33 Å². The first-order chi connectivity index (χ1) is 8.33. The lowest BCUT2D eigenvalue weighted by Crippen LogP contribution is -2.01. The first-order valence-electron chi connectivity index (χ1n) is 5.18. The number of anilines is 1. The van der Waals surface area contributed by atoms with Crippen molar-refractivity contribution in [1.29, 1.82) is 0 Å². The van der Waals surface area contributed by atoms with Crippen molar-refractivity contribution in [2.24, 2.45) is 7.05 Å². The molecular weight excluding hydrogens is 218 g/mol. The van der Waals surface area contributed by atoms with Gasteiger partial charge >= 0.3 is 0 Å². The van der Waals surface area contributed by atoms with Gasteiger partial charge in [-0.15, -0.1) is 0 Å². The molecular formula is C10H11N7. The summed E-state index contributed by atoms with van der Waals surface area (Å²) in [6, 6.07) is 0. The molecule has 0 aliphatic rings. The number of aryl methyl sites for hydroxylation is 1. The maximum Gasteiger partial charge on any atom is 0.160 e. The smallest absolute Gasteiger partial charge is 0.160 e. The number of rotatable bonds is 3. The Morgan fingerprint density at radius 1 is 1.35 bits per heavy atom. The van der Waals surface area contributed by atoms with Crippen molar-refractivity contribution in [3.63, 3.8) is 0 Å². The van der Waals surface area contributed by atoms with Crippen molar-refractivity contribution in [1.82, 2.24) is 29.9 Å². The summed E-state index contributed by atoms with van der Waals surface area (Å²) in [7, 11) is 1.89. The molecule has 3 aromatic heterocycles. The molecule has 3 heterocycles. The Balaban J connectivity index is 1.83. The quantitative estimate of drug-likeness (QED) is 0.690. The molecule has 0 aliphatic heterocycles. The molecule has 0 aliphatic carbocycles. The zero-order valence-electron chi connectivity index (χ0n) is 9.25. The highest BCUT2D eigenvalue weighted by Crippen LogP contribution is 2.16. The zero-order chi connectivity index (χ0) is 11.7. The number of hydrogen-bond acceptors (Lipinski definition) is 5. The van der Waals surface area contributed by atoms with E-state index in [4.69, 9.17) is 0 Å². The molecule has 0 saturated heterocycles. The highest BCUT2D eigenvalue weighted by atomic mass is 15.2. The average Bonchev–Trinajstić information content (AvgIpc) is 2.94. The molecule has 7 nitrogen and oxygen atoms in total. The van der Waals surface area contributed by atoms with Crippen molar-refractivity contribution < 1.29 is 0 Å². The lowest BCUT2D eigenvalue weighted by Gasteiger charge is -2.03. The number of nitrogens with one attached hydrogen (secondary N) is 2. The molecule has 3 rings (SSSR count). The van der Waals surface area contributed by atoms with Crippen LogP contribution in [-0.4, -0.2) is 29.9 Å². The summed E-state index contributed by atoms with van der Waals surface area (Å²) >= 11 is 0. The molecule has 3 aromatic rings. The molecule has 2 N–H and O–H groups in total. The fourth-order valence-corrected chi connectivity index (χ4v) is 1.65. The van der Waals surface area contributed by atoms with E-state index in [0.717, 1.165) is 22.4 Å². The Morgan fingerprint density at radius 2 is 2.29 bits per heavy atom. The van der Waals surface area contributed by atoms with Crippen LogP contribution >= 0.6 is 0 Å². The Hall–Kier alpha value is -2.44. The van der Waals surface area contributed by atoms with Gasteiger partial charge in [-0.25, -0.2) is 9.97 Å². The summed E-state index contributed by atoms with van der Waals surface area (Å²) in [5.74, 6) is 0.771. The maximum absolute atomic E-state index is 4.19. The zero-order valence-corrected chi connectivity index (χ0v) is 9.25. The van der Waals surface area contributed by atoms with Crippen LogP contribution in [-0.2, 0) is 13.6 Å². The van der Waals surface area contributed by atoms with Crippen LogP contribution in [0.3, 0.4) is 0 Å². The molecule has 7 heteroatoms. The van der Waals surface area contributed by atoms with E-state index in [1.54, 1.807) is 10.9 Å². The highest BCUT2D eigenvalue weighted by molar-refractivity contribution is 5.85. The van der Waals surface area contributed by atoms with Gasteiger partial charge in [0.25, 0.3) is 0 Å². The third-order valence-electron chi connectivity index (χ3n) is 2.47. The van der Waals surface area contributed by atoms with Gasteiger partial charge in [-0.2, -0.15) is 10.2 Å². The van der Waals surface area contributed by atoms with Crippen LogP contribution in [0.25, 0.3) is 11.0 Å². The number of H-pyrrole nitrogens is 1. The number of fused-ring (bicyclic) bond motifs is 1. The second kappa shape index (κ2) is 3.85. The molecule has 0 spiro atoms. The van der Waals surface area contributed by atoms with Crippen molar-refractivity contribution >= 4 is 16.9 Å². The Kier molecular flexibility index (Phi) is 2.21. The van der Waals surface area contributed by atoms with Gasteiger partial charge in [0.05, 0.1) is 17.8 Å². The average molecular weight is 229 g/mol. The number of nitrogens with zero attached hydrogens (tertiary/aromatic N) is 5. The largest absolute Gasteiger partial charge is 0.365 e. The van der Waals surface area contributed by atoms with Crippen LogP contribution in [0.1, 0.15) is 5.56 Å². The molecule has 0 atom stereocenters. The van der Waals surface area contributed by atoms with Gasteiger partial charge in [-0.1, -0.05) is 0 Å². The summed E-state index contributed by atoms with van der Waals surface area (Å²) in [6.45, 7) is 0.672. The molecule has 0 unspecified atom stereocenters. The minimum absolute atomic E-state index is 0.672. The third-order valence-corrected chi connectivity index (χ3v) is 2.47. The molecule has 0 aromatic carbocycles. The van der Waals surface area contributed by atoms with Gasteiger partial charge in [-0.05, 0) is 0 Å². The minimum Gasteiger partial charge on any atom is -0.365 e. The normalized spacial score (nSPS) is 10.9. The van der Waals surface area contributed by atoms with E-state index in [-0.39, 0.29) is 0 Å². The summed E-state index contributed by atoms with van der Waals surface area (Å²) in [6.07, 6.45) is 6.99. The molecule has 17 heavy (non-hydrogen) atoms. The molecule has 0 amide bonds. The van der Waals surface area contributed by atoms with Gasteiger partial charge in [0.15, 0.2) is 5.65 Å². The van der Waals surface area contributed by atoms with E-state index in [0.29, 0.717) is 6.54 Å². The van der Waals surface area contributed by atoms with Gasteiger partial charge in [0, 0.05) is 25.4 Å². The van der Waals surface area contributed by atoms with Crippen LogP contribution in [0.2, 0.25) is 0 Å². The van der Waals surface area contributed by atoms with Crippen LogP contribution in [0.5, 0.6) is 0 Å². The van der Waals surface area contributed by atoms with E-state index in [2.05, 4.69) is 30.6 Å². The van der Waals surface area contributed by atoms with E-state index < -0.39 is 0 Å². The third kappa shape index (κ3) is 1.82. The summed E-state index contributed by atoms with van der Waals surface area (Å²) in [5.41, 5.74) is 1.83. The molecule has 0 saturated carbocycles. The highest BCUT2D eigenvalue weighted by Gasteiger charge is 2.05. The first kappa shape index (κ1) is 9.76. The monoisotopic (exact) mass is 229 g/mol. The molecule has 0 bridgehead atoms. The second-order valence-corrected chi connectivity index (χ2v) is 3.73. The van der Waals surface area contributed by atoms with Crippen molar-refractivity contribution in [3.8, 4) is 0 Å². The van der Waals surface area contributed by atoms with Gasteiger partial charge < -0.3 is 5.32 Å². The second-order valence-electron chi connectivity index (χ2n) is 3.73. The fraction of sp³-hybridized carbons (Fsp3) is 0.200. The molecule has 86 valence electrons. The summed E-state index contributed by atoms with van der Waals surface area (Å²) < 4.78 is 1.77. The van der Waals surface area contributed by atoms with Crippen molar-refractivity contribution in [2.45, 2.75) is 6.54 Å². The van der Waals surface area contributed by atoms with Crippen LogP contribution in [0.15, 0.2) is 24.9 Å². The van der Waals surface area contributed by atoms with E-state index in [9.17, 15) is 0 Å². The van der Waals surface area contributed by atoms with Crippen LogP contribution in [0, 0.1) is 0 Å². The Bertz CT molecular complexity index is 639. The summed E-state index contributed by atoms with van der Waals surface area (Å²) in [4.78, 5) is 8.27. The van der Waals surface area contributed by atoms with Crippen LogP contribution in [0.4, 0.5) is 5.82 Å². The fourth-order valence-electron chi connectivity index (χ4n) is 1.65. The maximum atomic E-state index is 4.19. The first-order valence-corrected chi connectivity index (χ1v) is 5.18. The summed E-state index contributed by atoms with van der Waals surface area (Å²) in [5, 5.41) is 15.0. The van der Waals surface area contributed by atoms with Crippen molar-refractivity contribution in [2.75, 3.05) is 5.32 Å². The van der Waals surface area contributed by atoms with E-state index in [1.807, 2.05) is 19.4 Å².